The fourth-order valence-corrected chi connectivity index (χ4v) is 2.36. The average Bonchev–Trinajstić information content (AvgIpc) is 2.45. The van der Waals surface area contributed by atoms with Crippen LogP contribution in [0, 0.1) is 5.41 Å². The molecule has 0 atom stereocenters. The van der Waals surface area contributed by atoms with Crippen LogP contribution in [0.25, 0.3) is 0 Å². The van der Waals surface area contributed by atoms with E-state index in [0.29, 0.717) is 0 Å². The van der Waals surface area contributed by atoms with Crippen LogP contribution in [0.2, 0.25) is 0 Å². The Morgan fingerprint density at radius 2 is 2.10 bits per heavy atom. The second-order valence-electron chi connectivity index (χ2n) is 5.57. The first-order chi connectivity index (χ1) is 9.92. The first-order valence-corrected chi connectivity index (χ1v) is 7.91. The van der Waals surface area contributed by atoms with Crippen molar-refractivity contribution in [2.24, 2.45) is 5.41 Å². The highest BCUT2D eigenvalue weighted by Crippen LogP contribution is 2.31. The van der Waals surface area contributed by atoms with E-state index >= 15 is 0 Å². The monoisotopic (exact) mass is 357 g/mol. The Morgan fingerprint density at radius 1 is 1.38 bits per heavy atom. The summed E-state index contributed by atoms with van der Waals surface area (Å²) in [4.78, 5) is 11.7. The summed E-state index contributed by atoms with van der Waals surface area (Å²) in [7, 11) is 1.39. The van der Waals surface area contributed by atoms with Gasteiger partial charge in [-0.25, -0.2) is 0 Å². The van der Waals surface area contributed by atoms with E-state index in [1.54, 1.807) is 0 Å². The minimum absolute atomic E-state index is 0.267. The van der Waals surface area contributed by atoms with Crippen LogP contribution in [0.4, 0.5) is 0 Å². The summed E-state index contributed by atoms with van der Waals surface area (Å²) in [6.07, 6.45) is 1.08. The van der Waals surface area contributed by atoms with Gasteiger partial charge in [0.2, 0.25) is 0 Å². The van der Waals surface area contributed by atoms with E-state index in [-0.39, 0.29) is 12.6 Å². The van der Waals surface area contributed by atoms with Gasteiger partial charge < -0.3 is 14.8 Å². The molecule has 0 aliphatic rings. The zero-order valence-electron chi connectivity index (χ0n) is 13.2. The van der Waals surface area contributed by atoms with Gasteiger partial charge in [0.05, 0.1) is 17.0 Å². The fourth-order valence-electron chi connectivity index (χ4n) is 1.84. The van der Waals surface area contributed by atoms with Gasteiger partial charge in [0, 0.05) is 12.1 Å². The lowest BCUT2D eigenvalue weighted by Gasteiger charge is -2.23. The van der Waals surface area contributed by atoms with Crippen LogP contribution < -0.4 is 10.1 Å². The topological polar surface area (TPSA) is 47.6 Å². The van der Waals surface area contributed by atoms with Gasteiger partial charge in [0.15, 0.2) is 0 Å². The van der Waals surface area contributed by atoms with E-state index in [9.17, 15) is 4.79 Å². The summed E-state index contributed by atoms with van der Waals surface area (Å²) >= 11 is 3.51. The number of halogens is 1. The van der Waals surface area contributed by atoms with Crippen molar-refractivity contribution in [2.75, 3.05) is 20.3 Å². The number of rotatable bonds is 8. The van der Waals surface area contributed by atoms with E-state index in [1.807, 2.05) is 32.0 Å². The Labute approximate surface area is 135 Å². The largest absolute Gasteiger partial charge is 0.491 e. The number of methoxy groups -OCH3 is 1. The number of ether oxygens (including phenoxy) is 2. The molecule has 1 aromatic carbocycles. The number of hydrogen-bond donors (Lipinski definition) is 1. The molecule has 1 N–H and O–H groups in total. The molecule has 4 nitrogen and oxygen atoms in total. The predicted molar refractivity (Wildman–Crippen MR) is 87.4 cm³/mol. The SMILES string of the molecule is CCCNCc1cccc(Br)c1OCC(C)(C)C(=O)OC. The van der Waals surface area contributed by atoms with Gasteiger partial charge in [0.25, 0.3) is 0 Å². The minimum Gasteiger partial charge on any atom is -0.491 e. The molecule has 118 valence electrons. The highest BCUT2D eigenvalue weighted by molar-refractivity contribution is 9.10. The summed E-state index contributed by atoms with van der Waals surface area (Å²) in [6.45, 7) is 7.71. The van der Waals surface area contributed by atoms with Crippen LogP contribution in [0.1, 0.15) is 32.8 Å². The van der Waals surface area contributed by atoms with E-state index in [0.717, 1.165) is 35.3 Å². The normalized spacial score (nSPS) is 11.3. The Morgan fingerprint density at radius 3 is 2.71 bits per heavy atom. The van der Waals surface area contributed by atoms with Crippen molar-refractivity contribution in [1.29, 1.82) is 0 Å². The Hall–Kier alpha value is -1.07. The van der Waals surface area contributed by atoms with Crippen molar-refractivity contribution < 1.29 is 14.3 Å². The predicted octanol–water partition coefficient (Wildman–Crippen LogP) is 3.53. The van der Waals surface area contributed by atoms with Crippen LogP contribution in [0.5, 0.6) is 5.75 Å². The van der Waals surface area contributed by atoms with Crippen LogP contribution in [-0.2, 0) is 16.1 Å². The third-order valence-corrected chi connectivity index (χ3v) is 3.73. The average molecular weight is 358 g/mol. The first kappa shape index (κ1) is 18.0. The number of hydrogen-bond acceptors (Lipinski definition) is 4. The lowest BCUT2D eigenvalue weighted by Crippen LogP contribution is -2.32. The van der Waals surface area contributed by atoms with Crippen LogP contribution >= 0.6 is 15.9 Å². The summed E-state index contributed by atoms with van der Waals surface area (Å²) < 4.78 is 11.6. The van der Waals surface area contributed by atoms with Crippen molar-refractivity contribution in [3.63, 3.8) is 0 Å². The Kier molecular flexibility index (Phi) is 7.18. The molecule has 0 aliphatic heterocycles. The number of benzene rings is 1. The Balaban J connectivity index is 2.79. The second-order valence-corrected chi connectivity index (χ2v) is 6.42. The quantitative estimate of drug-likeness (QED) is 0.571. The third kappa shape index (κ3) is 5.32. The van der Waals surface area contributed by atoms with Crippen molar-refractivity contribution >= 4 is 21.9 Å². The molecule has 0 spiro atoms. The number of esters is 1. The van der Waals surface area contributed by atoms with E-state index < -0.39 is 5.41 Å². The van der Waals surface area contributed by atoms with Gasteiger partial charge >= 0.3 is 5.97 Å². The summed E-state index contributed by atoms with van der Waals surface area (Å²) in [5.41, 5.74) is 0.386. The highest BCUT2D eigenvalue weighted by Gasteiger charge is 2.30. The molecule has 0 unspecified atom stereocenters. The van der Waals surface area contributed by atoms with Crippen LogP contribution in [0.15, 0.2) is 22.7 Å². The molecule has 0 bridgehead atoms. The number of para-hydroxylation sites is 1. The van der Waals surface area contributed by atoms with E-state index in [2.05, 4.69) is 28.2 Å². The van der Waals surface area contributed by atoms with Crippen molar-refractivity contribution in [1.82, 2.24) is 5.32 Å². The highest BCUT2D eigenvalue weighted by atomic mass is 79.9. The van der Waals surface area contributed by atoms with E-state index in [4.69, 9.17) is 9.47 Å². The molecule has 0 heterocycles. The molecular formula is C16H24BrNO3. The zero-order chi connectivity index (χ0) is 15.9. The number of carbonyl (C=O) groups excluding carboxylic acids is 1. The standard InChI is InChI=1S/C16H24BrNO3/c1-5-9-18-10-12-7-6-8-13(17)14(12)21-11-16(2,3)15(19)20-4/h6-8,18H,5,9-11H2,1-4H3. The molecule has 0 fully saturated rings. The molecule has 0 radical (unpaired) electrons. The van der Waals surface area contributed by atoms with Gasteiger partial charge in [-0.1, -0.05) is 19.1 Å². The van der Waals surface area contributed by atoms with Gasteiger partial charge in [-0.05, 0) is 48.8 Å². The molecule has 0 saturated carbocycles. The minimum atomic E-state index is -0.682. The molecule has 0 aliphatic carbocycles. The second kappa shape index (κ2) is 8.39. The van der Waals surface area contributed by atoms with Gasteiger partial charge in [-0.2, -0.15) is 0 Å². The lowest BCUT2D eigenvalue weighted by atomic mass is 9.95. The zero-order valence-corrected chi connectivity index (χ0v) is 14.7. The van der Waals surface area contributed by atoms with Crippen molar-refractivity contribution in [3.8, 4) is 5.75 Å². The molecule has 1 aromatic rings. The summed E-state index contributed by atoms with van der Waals surface area (Å²) in [6, 6.07) is 5.93. The molecule has 0 aromatic heterocycles. The molecule has 5 heteroatoms. The van der Waals surface area contributed by atoms with Crippen LogP contribution in [0.3, 0.4) is 0 Å². The van der Waals surface area contributed by atoms with Gasteiger partial charge in [-0.3, -0.25) is 4.79 Å². The number of carbonyl (C=O) groups is 1. The lowest BCUT2D eigenvalue weighted by molar-refractivity contribution is -0.152. The molecule has 1 rings (SSSR count). The van der Waals surface area contributed by atoms with E-state index in [1.165, 1.54) is 7.11 Å². The Bertz CT molecular complexity index is 475. The molecule has 0 amide bonds. The summed E-state index contributed by atoms with van der Waals surface area (Å²) in [5.74, 6) is 0.498. The third-order valence-electron chi connectivity index (χ3n) is 3.11. The fraction of sp³-hybridized carbons (Fsp3) is 0.562. The maximum atomic E-state index is 11.7. The maximum Gasteiger partial charge on any atom is 0.314 e. The molecule has 21 heavy (non-hydrogen) atoms. The van der Waals surface area contributed by atoms with Crippen LogP contribution in [-0.4, -0.2) is 26.2 Å². The maximum absolute atomic E-state index is 11.7. The smallest absolute Gasteiger partial charge is 0.314 e. The molecular weight excluding hydrogens is 334 g/mol. The van der Waals surface area contributed by atoms with Gasteiger partial charge in [-0.15, -0.1) is 0 Å². The van der Waals surface area contributed by atoms with Crippen molar-refractivity contribution in [2.45, 2.75) is 33.7 Å². The first-order valence-electron chi connectivity index (χ1n) is 7.11. The number of nitrogens with one attached hydrogen (secondary N) is 1. The summed E-state index contributed by atoms with van der Waals surface area (Å²) in [5, 5.41) is 3.36. The van der Waals surface area contributed by atoms with Crippen molar-refractivity contribution in [3.05, 3.63) is 28.2 Å². The van der Waals surface area contributed by atoms with Gasteiger partial charge in [0.1, 0.15) is 12.4 Å². The molecule has 0 saturated heterocycles.